The lowest BCUT2D eigenvalue weighted by molar-refractivity contribution is -0.121. The van der Waals surface area contributed by atoms with Gasteiger partial charge in [-0.3, -0.25) is 9.59 Å². The Balaban J connectivity index is 1.69. The molecule has 0 aliphatic carbocycles. The normalized spacial score (nSPS) is 11.1. The molecule has 0 saturated heterocycles. The standard InChI is InChI=1S/C19H21ClN2O5S/c1-14(23)15-2-8-18(9-3-15)28(25,26)22-11-10-19(24)21-12-13-27-17-6-4-16(20)5-7-17/h2-9,22H,10-13H2,1H3,(H,21,24). The van der Waals surface area contributed by atoms with Crippen molar-refractivity contribution in [3.8, 4) is 5.75 Å². The van der Waals surface area contributed by atoms with Crippen molar-refractivity contribution in [3.63, 3.8) is 0 Å². The van der Waals surface area contributed by atoms with Crippen molar-refractivity contribution in [2.24, 2.45) is 0 Å². The second-order valence-corrected chi connectivity index (χ2v) is 8.08. The first-order chi connectivity index (χ1) is 13.3. The summed E-state index contributed by atoms with van der Waals surface area (Å²) in [6.45, 7) is 1.93. The largest absolute Gasteiger partial charge is 0.492 e. The van der Waals surface area contributed by atoms with Crippen LogP contribution in [-0.2, 0) is 14.8 Å². The van der Waals surface area contributed by atoms with Gasteiger partial charge < -0.3 is 10.1 Å². The van der Waals surface area contributed by atoms with E-state index >= 15 is 0 Å². The van der Waals surface area contributed by atoms with Gasteiger partial charge in [-0.2, -0.15) is 0 Å². The minimum absolute atomic E-state index is 0.00823. The SMILES string of the molecule is CC(=O)c1ccc(S(=O)(=O)NCCC(=O)NCCOc2ccc(Cl)cc2)cc1. The Kier molecular flexibility index (Phi) is 7.98. The van der Waals surface area contributed by atoms with Crippen molar-refractivity contribution in [2.45, 2.75) is 18.2 Å². The zero-order valence-electron chi connectivity index (χ0n) is 15.3. The van der Waals surface area contributed by atoms with Gasteiger partial charge in [-0.05, 0) is 43.3 Å². The van der Waals surface area contributed by atoms with Crippen LogP contribution in [0.4, 0.5) is 0 Å². The number of rotatable bonds is 10. The Labute approximate surface area is 169 Å². The van der Waals surface area contributed by atoms with E-state index in [1.165, 1.54) is 31.2 Å². The molecular weight excluding hydrogens is 404 g/mol. The molecule has 0 heterocycles. The Hall–Kier alpha value is -2.42. The topological polar surface area (TPSA) is 102 Å². The number of hydrogen-bond acceptors (Lipinski definition) is 5. The fraction of sp³-hybridized carbons (Fsp3) is 0.263. The van der Waals surface area contributed by atoms with E-state index in [2.05, 4.69) is 10.0 Å². The second-order valence-electron chi connectivity index (χ2n) is 5.88. The first kappa shape index (κ1) is 21.9. The van der Waals surface area contributed by atoms with Crippen LogP contribution in [0.5, 0.6) is 5.75 Å². The third-order valence-corrected chi connectivity index (χ3v) is 5.45. The Morgan fingerprint density at radius 3 is 2.25 bits per heavy atom. The molecular formula is C19H21ClN2O5S. The number of halogens is 1. The van der Waals surface area contributed by atoms with Crippen LogP contribution in [0.2, 0.25) is 5.02 Å². The highest BCUT2D eigenvalue weighted by Crippen LogP contribution is 2.15. The van der Waals surface area contributed by atoms with Gasteiger partial charge >= 0.3 is 0 Å². The van der Waals surface area contributed by atoms with Crippen molar-refractivity contribution in [1.29, 1.82) is 0 Å². The van der Waals surface area contributed by atoms with Gasteiger partial charge in [0, 0.05) is 23.6 Å². The maximum absolute atomic E-state index is 12.2. The molecule has 1 amide bonds. The van der Waals surface area contributed by atoms with Crippen molar-refractivity contribution in [3.05, 3.63) is 59.1 Å². The highest BCUT2D eigenvalue weighted by atomic mass is 35.5. The smallest absolute Gasteiger partial charge is 0.240 e. The highest BCUT2D eigenvalue weighted by Gasteiger charge is 2.14. The van der Waals surface area contributed by atoms with E-state index in [0.29, 0.717) is 22.9 Å². The van der Waals surface area contributed by atoms with Crippen LogP contribution >= 0.6 is 11.6 Å². The van der Waals surface area contributed by atoms with Gasteiger partial charge in [0.2, 0.25) is 15.9 Å². The number of Topliss-reactive ketones (excluding diaryl/α,β-unsaturated/α-hetero) is 1. The number of sulfonamides is 1. The van der Waals surface area contributed by atoms with Gasteiger partial charge in [-0.1, -0.05) is 23.7 Å². The molecule has 0 aliphatic rings. The number of amides is 1. The molecule has 0 fully saturated rings. The van der Waals surface area contributed by atoms with Crippen molar-refractivity contribution in [1.82, 2.24) is 10.0 Å². The van der Waals surface area contributed by atoms with E-state index in [0.717, 1.165) is 0 Å². The Morgan fingerprint density at radius 2 is 1.64 bits per heavy atom. The summed E-state index contributed by atoms with van der Waals surface area (Å²) in [5, 5.41) is 3.26. The fourth-order valence-electron chi connectivity index (χ4n) is 2.23. The summed E-state index contributed by atoms with van der Waals surface area (Å²) in [7, 11) is -3.74. The van der Waals surface area contributed by atoms with Crippen molar-refractivity contribution >= 4 is 33.3 Å². The van der Waals surface area contributed by atoms with E-state index in [1.807, 2.05) is 0 Å². The van der Waals surface area contributed by atoms with Gasteiger partial charge in [0.05, 0.1) is 11.4 Å². The van der Waals surface area contributed by atoms with Gasteiger partial charge in [-0.15, -0.1) is 0 Å². The van der Waals surface area contributed by atoms with Crippen LogP contribution in [0.25, 0.3) is 0 Å². The zero-order valence-corrected chi connectivity index (χ0v) is 16.8. The zero-order chi connectivity index (χ0) is 20.6. The average molecular weight is 425 g/mol. The minimum Gasteiger partial charge on any atom is -0.492 e. The molecule has 0 unspecified atom stereocenters. The van der Waals surface area contributed by atoms with Crippen molar-refractivity contribution < 1.29 is 22.7 Å². The van der Waals surface area contributed by atoms with E-state index in [9.17, 15) is 18.0 Å². The lowest BCUT2D eigenvalue weighted by Crippen LogP contribution is -2.32. The lowest BCUT2D eigenvalue weighted by atomic mass is 10.2. The average Bonchev–Trinajstić information content (AvgIpc) is 2.66. The summed E-state index contributed by atoms with van der Waals surface area (Å²) in [5.41, 5.74) is 0.430. The maximum atomic E-state index is 12.2. The summed E-state index contributed by atoms with van der Waals surface area (Å²) in [4.78, 5) is 23.1. The number of benzene rings is 2. The van der Waals surface area contributed by atoms with Crippen LogP contribution in [-0.4, -0.2) is 39.8 Å². The summed E-state index contributed by atoms with van der Waals surface area (Å²) < 4.78 is 32.2. The van der Waals surface area contributed by atoms with Crippen molar-refractivity contribution in [2.75, 3.05) is 19.7 Å². The number of hydrogen-bond donors (Lipinski definition) is 2. The minimum atomic E-state index is -3.74. The van der Waals surface area contributed by atoms with E-state index in [-0.39, 0.29) is 36.2 Å². The molecule has 7 nitrogen and oxygen atoms in total. The summed E-state index contributed by atoms with van der Waals surface area (Å²) >= 11 is 5.78. The van der Waals surface area contributed by atoms with Crippen LogP contribution in [0.3, 0.4) is 0 Å². The van der Waals surface area contributed by atoms with E-state index in [1.54, 1.807) is 24.3 Å². The number of ketones is 1. The summed E-state index contributed by atoms with van der Waals surface area (Å²) in [5.74, 6) is 0.199. The maximum Gasteiger partial charge on any atom is 0.240 e. The third kappa shape index (κ3) is 6.95. The van der Waals surface area contributed by atoms with Crippen LogP contribution in [0.15, 0.2) is 53.4 Å². The quantitative estimate of drug-likeness (QED) is 0.450. The first-order valence-corrected chi connectivity index (χ1v) is 10.4. The molecule has 0 saturated carbocycles. The molecule has 2 N–H and O–H groups in total. The second kappa shape index (κ2) is 10.2. The highest BCUT2D eigenvalue weighted by molar-refractivity contribution is 7.89. The molecule has 2 rings (SSSR count). The number of nitrogens with one attached hydrogen (secondary N) is 2. The Morgan fingerprint density at radius 1 is 1.00 bits per heavy atom. The molecule has 2 aromatic carbocycles. The molecule has 150 valence electrons. The van der Waals surface area contributed by atoms with Crippen LogP contribution in [0.1, 0.15) is 23.7 Å². The molecule has 9 heteroatoms. The molecule has 0 radical (unpaired) electrons. The predicted octanol–water partition coefficient (Wildman–Crippen LogP) is 2.41. The van der Waals surface area contributed by atoms with E-state index in [4.69, 9.17) is 16.3 Å². The van der Waals surface area contributed by atoms with Gasteiger partial charge in [0.15, 0.2) is 5.78 Å². The monoisotopic (exact) mass is 424 g/mol. The first-order valence-electron chi connectivity index (χ1n) is 8.54. The number of ether oxygens (including phenoxy) is 1. The summed E-state index contributed by atoms with van der Waals surface area (Å²) in [6, 6.07) is 12.5. The van der Waals surface area contributed by atoms with E-state index < -0.39 is 10.0 Å². The lowest BCUT2D eigenvalue weighted by Gasteiger charge is -2.09. The molecule has 0 aromatic heterocycles. The van der Waals surface area contributed by atoms with Gasteiger partial charge in [-0.25, -0.2) is 13.1 Å². The Bertz CT molecular complexity index is 912. The predicted molar refractivity (Wildman–Crippen MR) is 106 cm³/mol. The molecule has 0 spiro atoms. The third-order valence-electron chi connectivity index (χ3n) is 3.72. The molecule has 0 bridgehead atoms. The molecule has 0 atom stereocenters. The number of carbonyl (C=O) groups excluding carboxylic acids is 2. The van der Waals surface area contributed by atoms with Gasteiger partial charge in [0.1, 0.15) is 12.4 Å². The van der Waals surface area contributed by atoms with Crippen LogP contribution in [0, 0.1) is 0 Å². The molecule has 0 aliphatic heterocycles. The van der Waals surface area contributed by atoms with Gasteiger partial charge in [0.25, 0.3) is 0 Å². The van der Waals surface area contributed by atoms with Crippen LogP contribution < -0.4 is 14.8 Å². The molecule has 28 heavy (non-hydrogen) atoms. The fourth-order valence-corrected chi connectivity index (χ4v) is 3.39. The number of carbonyl (C=O) groups is 2. The summed E-state index contributed by atoms with van der Waals surface area (Å²) in [6.07, 6.45) is -0.00823. The molecule has 2 aromatic rings.